The predicted octanol–water partition coefficient (Wildman–Crippen LogP) is 3.62. The SMILES string of the molecule is CCn1nc(C)cc1CNCc1ccc(C(C)C)cc1. The van der Waals surface area contributed by atoms with Crippen LogP contribution < -0.4 is 5.32 Å². The van der Waals surface area contributed by atoms with Crippen molar-refractivity contribution in [2.24, 2.45) is 0 Å². The smallest absolute Gasteiger partial charge is 0.0597 e. The van der Waals surface area contributed by atoms with Gasteiger partial charge in [0.05, 0.1) is 11.4 Å². The van der Waals surface area contributed by atoms with Gasteiger partial charge >= 0.3 is 0 Å². The number of aryl methyl sites for hydroxylation is 2. The number of aromatic nitrogens is 2. The molecule has 108 valence electrons. The highest BCUT2D eigenvalue weighted by molar-refractivity contribution is 5.24. The summed E-state index contributed by atoms with van der Waals surface area (Å²) in [5.74, 6) is 0.596. The molecule has 1 heterocycles. The van der Waals surface area contributed by atoms with Crippen LogP contribution in [0.1, 0.15) is 49.2 Å². The van der Waals surface area contributed by atoms with Gasteiger partial charge in [0.2, 0.25) is 0 Å². The van der Waals surface area contributed by atoms with E-state index in [1.165, 1.54) is 16.8 Å². The maximum atomic E-state index is 4.46. The molecule has 0 saturated heterocycles. The van der Waals surface area contributed by atoms with Gasteiger partial charge in [-0.2, -0.15) is 5.10 Å². The van der Waals surface area contributed by atoms with Gasteiger partial charge in [0.25, 0.3) is 0 Å². The van der Waals surface area contributed by atoms with E-state index in [9.17, 15) is 0 Å². The van der Waals surface area contributed by atoms with E-state index >= 15 is 0 Å². The van der Waals surface area contributed by atoms with Crippen LogP contribution in [0.3, 0.4) is 0 Å². The van der Waals surface area contributed by atoms with E-state index in [1.807, 2.05) is 6.92 Å². The summed E-state index contributed by atoms with van der Waals surface area (Å²) in [5, 5.41) is 7.96. The van der Waals surface area contributed by atoms with Gasteiger partial charge < -0.3 is 5.32 Å². The second kappa shape index (κ2) is 6.71. The van der Waals surface area contributed by atoms with Gasteiger partial charge in [0.1, 0.15) is 0 Å². The fourth-order valence-corrected chi connectivity index (χ4v) is 2.37. The van der Waals surface area contributed by atoms with Gasteiger partial charge in [0.15, 0.2) is 0 Å². The van der Waals surface area contributed by atoms with Crippen LogP contribution in [-0.4, -0.2) is 9.78 Å². The first-order valence-corrected chi connectivity index (χ1v) is 7.43. The summed E-state index contributed by atoms with van der Waals surface area (Å²) in [6.45, 7) is 11.3. The molecule has 3 heteroatoms. The molecule has 0 spiro atoms. The summed E-state index contributed by atoms with van der Waals surface area (Å²) < 4.78 is 2.06. The van der Waals surface area contributed by atoms with E-state index in [0.717, 1.165) is 25.3 Å². The van der Waals surface area contributed by atoms with Crippen LogP contribution in [0.25, 0.3) is 0 Å². The Labute approximate surface area is 122 Å². The van der Waals surface area contributed by atoms with E-state index in [4.69, 9.17) is 0 Å². The standard InChI is InChI=1S/C17H25N3/c1-5-20-17(10-14(4)19-20)12-18-11-15-6-8-16(9-7-15)13(2)3/h6-10,13,18H,5,11-12H2,1-4H3. The molecule has 1 aromatic carbocycles. The first kappa shape index (κ1) is 14.8. The van der Waals surface area contributed by atoms with Crippen molar-refractivity contribution in [2.45, 2.75) is 53.2 Å². The number of rotatable bonds is 6. The van der Waals surface area contributed by atoms with Crippen molar-refractivity contribution in [3.05, 3.63) is 52.8 Å². The summed E-state index contributed by atoms with van der Waals surface area (Å²) in [6, 6.07) is 11.0. The zero-order valence-electron chi connectivity index (χ0n) is 13.0. The lowest BCUT2D eigenvalue weighted by Crippen LogP contribution is -2.16. The van der Waals surface area contributed by atoms with Crippen molar-refractivity contribution in [2.75, 3.05) is 0 Å². The number of nitrogens with zero attached hydrogens (tertiary/aromatic N) is 2. The van der Waals surface area contributed by atoms with Crippen molar-refractivity contribution < 1.29 is 0 Å². The molecule has 0 amide bonds. The number of nitrogens with one attached hydrogen (secondary N) is 1. The van der Waals surface area contributed by atoms with Gasteiger partial charge in [-0.05, 0) is 37.0 Å². The first-order valence-electron chi connectivity index (χ1n) is 7.43. The Morgan fingerprint density at radius 2 is 1.85 bits per heavy atom. The third-order valence-electron chi connectivity index (χ3n) is 3.57. The van der Waals surface area contributed by atoms with Crippen molar-refractivity contribution in [1.82, 2.24) is 15.1 Å². The molecule has 2 rings (SSSR count). The molecule has 20 heavy (non-hydrogen) atoms. The first-order chi connectivity index (χ1) is 9.60. The molecule has 0 saturated carbocycles. The van der Waals surface area contributed by atoms with Crippen LogP contribution in [0.2, 0.25) is 0 Å². The molecule has 0 bridgehead atoms. The van der Waals surface area contributed by atoms with E-state index in [-0.39, 0.29) is 0 Å². The van der Waals surface area contributed by atoms with Crippen LogP contribution in [0.15, 0.2) is 30.3 Å². The van der Waals surface area contributed by atoms with E-state index in [0.29, 0.717) is 5.92 Å². The highest BCUT2D eigenvalue weighted by atomic mass is 15.3. The lowest BCUT2D eigenvalue weighted by Gasteiger charge is -2.09. The summed E-state index contributed by atoms with van der Waals surface area (Å²) >= 11 is 0. The maximum Gasteiger partial charge on any atom is 0.0597 e. The molecule has 0 aliphatic heterocycles. The Morgan fingerprint density at radius 3 is 2.45 bits per heavy atom. The molecule has 0 fully saturated rings. The van der Waals surface area contributed by atoms with Crippen LogP contribution in [-0.2, 0) is 19.6 Å². The van der Waals surface area contributed by atoms with Crippen molar-refractivity contribution in [3.8, 4) is 0 Å². The lowest BCUT2D eigenvalue weighted by molar-refractivity contribution is 0.579. The molecule has 0 radical (unpaired) electrons. The van der Waals surface area contributed by atoms with Crippen molar-refractivity contribution >= 4 is 0 Å². The van der Waals surface area contributed by atoms with Crippen LogP contribution in [0.5, 0.6) is 0 Å². The van der Waals surface area contributed by atoms with Crippen molar-refractivity contribution in [1.29, 1.82) is 0 Å². The second-order valence-corrected chi connectivity index (χ2v) is 5.59. The molecule has 0 aliphatic carbocycles. The largest absolute Gasteiger partial charge is 0.307 e. The minimum absolute atomic E-state index is 0.596. The summed E-state index contributed by atoms with van der Waals surface area (Å²) in [5.41, 5.74) is 5.07. The van der Waals surface area contributed by atoms with Gasteiger partial charge in [-0.1, -0.05) is 38.1 Å². The average Bonchev–Trinajstić information content (AvgIpc) is 2.79. The zero-order valence-corrected chi connectivity index (χ0v) is 13.0. The minimum Gasteiger partial charge on any atom is -0.307 e. The van der Waals surface area contributed by atoms with Crippen LogP contribution in [0, 0.1) is 6.92 Å². The Balaban J connectivity index is 1.89. The fourth-order valence-electron chi connectivity index (χ4n) is 2.37. The Hall–Kier alpha value is -1.61. The molecule has 1 aromatic heterocycles. The molecular formula is C17H25N3. The molecular weight excluding hydrogens is 246 g/mol. The highest BCUT2D eigenvalue weighted by Crippen LogP contribution is 2.14. The molecule has 1 N–H and O–H groups in total. The average molecular weight is 271 g/mol. The normalized spacial score (nSPS) is 11.2. The number of hydrogen-bond acceptors (Lipinski definition) is 2. The van der Waals surface area contributed by atoms with E-state index in [1.54, 1.807) is 0 Å². The molecule has 0 unspecified atom stereocenters. The van der Waals surface area contributed by atoms with Crippen LogP contribution >= 0.6 is 0 Å². The third kappa shape index (κ3) is 3.70. The Kier molecular flexibility index (Phi) is 4.96. The topological polar surface area (TPSA) is 29.9 Å². The monoisotopic (exact) mass is 271 g/mol. The molecule has 2 aromatic rings. The van der Waals surface area contributed by atoms with Gasteiger partial charge in [-0.25, -0.2) is 0 Å². The molecule has 3 nitrogen and oxygen atoms in total. The number of benzene rings is 1. The van der Waals surface area contributed by atoms with Gasteiger partial charge in [-0.3, -0.25) is 4.68 Å². The second-order valence-electron chi connectivity index (χ2n) is 5.59. The lowest BCUT2D eigenvalue weighted by atomic mass is 10.0. The number of hydrogen-bond donors (Lipinski definition) is 1. The minimum atomic E-state index is 0.596. The Bertz CT molecular complexity index is 538. The zero-order chi connectivity index (χ0) is 14.5. The van der Waals surface area contributed by atoms with E-state index < -0.39 is 0 Å². The van der Waals surface area contributed by atoms with Gasteiger partial charge in [0, 0.05) is 19.6 Å². The van der Waals surface area contributed by atoms with Gasteiger partial charge in [-0.15, -0.1) is 0 Å². The maximum absolute atomic E-state index is 4.46. The summed E-state index contributed by atoms with van der Waals surface area (Å²) in [7, 11) is 0. The fraction of sp³-hybridized carbons (Fsp3) is 0.471. The van der Waals surface area contributed by atoms with Crippen molar-refractivity contribution in [3.63, 3.8) is 0 Å². The summed E-state index contributed by atoms with van der Waals surface area (Å²) in [4.78, 5) is 0. The predicted molar refractivity (Wildman–Crippen MR) is 83.7 cm³/mol. The Morgan fingerprint density at radius 1 is 1.15 bits per heavy atom. The summed E-state index contributed by atoms with van der Waals surface area (Å²) in [6.07, 6.45) is 0. The van der Waals surface area contributed by atoms with E-state index in [2.05, 4.69) is 66.2 Å². The molecule has 0 aliphatic rings. The highest BCUT2D eigenvalue weighted by Gasteiger charge is 2.03. The van der Waals surface area contributed by atoms with Crippen LogP contribution in [0.4, 0.5) is 0 Å². The molecule has 0 atom stereocenters. The quantitative estimate of drug-likeness (QED) is 0.869. The third-order valence-corrected chi connectivity index (χ3v) is 3.57.